The summed E-state index contributed by atoms with van der Waals surface area (Å²) in [5.74, 6) is 1.32. The van der Waals surface area contributed by atoms with Gasteiger partial charge in [-0.15, -0.1) is 0 Å². The molecule has 136 valence electrons. The molecule has 3 nitrogen and oxygen atoms in total. The molecule has 0 radical (unpaired) electrons. The van der Waals surface area contributed by atoms with Crippen LogP contribution in [0.3, 0.4) is 0 Å². The normalized spacial score (nSPS) is 14.5. The average Bonchev–Trinajstić information content (AvgIpc) is 2.99. The number of nitrogens with two attached hydrogens (primary N) is 1. The first-order chi connectivity index (χ1) is 11.4. The molecule has 0 saturated heterocycles. The molecule has 2 N–H and O–H groups in total. The van der Waals surface area contributed by atoms with E-state index in [0.29, 0.717) is 0 Å². The third-order valence-corrected chi connectivity index (χ3v) is 4.93. The maximum absolute atomic E-state index is 5.65. The Morgan fingerprint density at radius 1 is 0.826 bits per heavy atom. The number of rotatable bonds is 16. The molecule has 0 atom stereocenters. The van der Waals surface area contributed by atoms with E-state index in [1.165, 1.54) is 89.3 Å². The van der Waals surface area contributed by atoms with Gasteiger partial charge in [-0.2, -0.15) is 0 Å². The Morgan fingerprint density at radius 2 is 1.35 bits per heavy atom. The quantitative estimate of drug-likeness (QED) is 0.400. The molecule has 0 amide bonds. The summed E-state index contributed by atoms with van der Waals surface area (Å²) < 4.78 is 0. The van der Waals surface area contributed by atoms with Gasteiger partial charge in [0.1, 0.15) is 0 Å². The average molecular weight is 324 g/mol. The van der Waals surface area contributed by atoms with Gasteiger partial charge in [-0.05, 0) is 6.42 Å². The van der Waals surface area contributed by atoms with Gasteiger partial charge >= 0.3 is 0 Å². The minimum absolute atomic E-state index is 0.748. The molecular formula is C20H41N3. The van der Waals surface area contributed by atoms with Crippen molar-refractivity contribution in [1.82, 2.24) is 4.90 Å². The summed E-state index contributed by atoms with van der Waals surface area (Å²) in [6.45, 7) is 6.09. The molecule has 0 aliphatic carbocycles. The summed E-state index contributed by atoms with van der Waals surface area (Å²) in [7, 11) is 0. The monoisotopic (exact) mass is 323 g/mol. The fourth-order valence-electron chi connectivity index (χ4n) is 3.46. The largest absolute Gasteiger partial charge is 0.357 e. The smallest absolute Gasteiger partial charge is 0.0990 e. The first kappa shape index (κ1) is 20.5. The van der Waals surface area contributed by atoms with E-state index in [9.17, 15) is 0 Å². The van der Waals surface area contributed by atoms with Crippen molar-refractivity contribution in [3.05, 3.63) is 0 Å². The molecule has 0 saturated carbocycles. The summed E-state index contributed by atoms with van der Waals surface area (Å²) >= 11 is 0. The van der Waals surface area contributed by atoms with Crippen molar-refractivity contribution >= 4 is 5.84 Å². The van der Waals surface area contributed by atoms with Gasteiger partial charge in [0.05, 0.1) is 12.4 Å². The highest BCUT2D eigenvalue weighted by molar-refractivity contribution is 5.83. The van der Waals surface area contributed by atoms with E-state index in [-0.39, 0.29) is 0 Å². The van der Waals surface area contributed by atoms with Gasteiger partial charge in [-0.3, -0.25) is 4.99 Å². The predicted octanol–water partition coefficient (Wildman–Crippen LogP) is 5.14. The van der Waals surface area contributed by atoms with Crippen molar-refractivity contribution in [2.24, 2.45) is 10.7 Å². The molecule has 1 aliphatic rings. The van der Waals surface area contributed by atoms with Gasteiger partial charge in [0.15, 0.2) is 0 Å². The van der Waals surface area contributed by atoms with E-state index >= 15 is 0 Å². The molecular weight excluding hydrogens is 282 g/mol. The van der Waals surface area contributed by atoms with Gasteiger partial charge in [0.2, 0.25) is 0 Å². The zero-order chi connectivity index (χ0) is 16.6. The number of amidine groups is 1. The number of aliphatic imine (C=N–C) groups is 1. The summed E-state index contributed by atoms with van der Waals surface area (Å²) in [6, 6.07) is 0. The zero-order valence-electron chi connectivity index (χ0n) is 15.7. The number of unbranched alkanes of at least 4 members (excludes halogenated alkanes) is 12. The molecule has 0 fully saturated rings. The third kappa shape index (κ3) is 10.8. The van der Waals surface area contributed by atoms with Crippen LogP contribution in [-0.4, -0.2) is 36.9 Å². The lowest BCUT2D eigenvalue weighted by Gasteiger charge is -2.19. The lowest BCUT2D eigenvalue weighted by Crippen LogP contribution is -2.32. The van der Waals surface area contributed by atoms with E-state index in [0.717, 1.165) is 32.6 Å². The van der Waals surface area contributed by atoms with Crippen LogP contribution in [0.1, 0.15) is 96.8 Å². The molecule has 3 heteroatoms. The molecule has 23 heavy (non-hydrogen) atoms. The standard InChI is InChI=1S/C20H41N3/c1-2-3-4-5-6-7-8-9-10-11-12-13-14-15-20-22-17-19-23(20)18-16-21/h2-19,21H2,1H3. The third-order valence-electron chi connectivity index (χ3n) is 4.93. The highest BCUT2D eigenvalue weighted by atomic mass is 15.2. The van der Waals surface area contributed by atoms with E-state index in [2.05, 4.69) is 16.8 Å². The van der Waals surface area contributed by atoms with Crippen molar-refractivity contribution in [2.75, 3.05) is 26.2 Å². The molecule has 1 aliphatic heterocycles. The van der Waals surface area contributed by atoms with E-state index < -0.39 is 0 Å². The van der Waals surface area contributed by atoms with Crippen LogP contribution in [0.25, 0.3) is 0 Å². The number of hydrogen-bond acceptors (Lipinski definition) is 3. The zero-order valence-corrected chi connectivity index (χ0v) is 15.7. The second kappa shape index (κ2) is 15.0. The highest BCUT2D eigenvalue weighted by Crippen LogP contribution is 2.14. The van der Waals surface area contributed by atoms with Gasteiger partial charge in [0.25, 0.3) is 0 Å². The highest BCUT2D eigenvalue weighted by Gasteiger charge is 2.14. The predicted molar refractivity (Wildman–Crippen MR) is 103 cm³/mol. The second-order valence-corrected chi connectivity index (χ2v) is 7.07. The molecule has 1 rings (SSSR count). The molecule has 0 bridgehead atoms. The van der Waals surface area contributed by atoms with Gasteiger partial charge < -0.3 is 10.6 Å². The van der Waals surface area contributed by atoms with Crippen LogP contribution in [0.2, 0.25) is 0 Å². The minimum atomic E-state index is 0.748. The van der Waals surface area contributed by atoms with Crippen LogP contribution >= 0.6 is 0 Å². The second-order valence-electron chi connectivity index (χ2n) is 7.07. The molecule has 0 aromatic carbocycles. The molecule has 0 aromatic heterocycles. The number of nitrogens with zero attached hydrogens (tertiary/aromatic N) is 2. The maximum Gasteiger partial charge on any atom is 0.0990 e. The molecule has 0 spiro atoms. The van der Waals surface area contributed by atoms with E-state index in [1.807, 2.05) is 0 Å². The van der Waals surface area contributed by atoms with Crippen molar-refractivity contribution in [3.63, 3.8) is 0 Å². The van der Waals surface area contributed by atoms with E-state index in [4.69, 9.17) is 5.73 Å². The first-order valence-corrected chi connectivity index (χ1v) is 10.4. The lowest BCUT2D eigenvalue weighted by molar-refractivity contribution is 0.455. The van der Waals surface area contributed by atoms with Crippen LogP contribution in [-0.2, 0) is 0 Å². The van der Waals surface area contributed by atoms with Crippen LogP contribution < -0.4 is 5.73 Å². The summed E-state index contributed by atoms with van der Waals surface area (Å²) in [5.41, 5.74) is 5.65. The van der Waals surface area contributed by atoms with Crippen molar-refractivity contribution in [3.8, 4) is 0 Å². The fraction of sp³-hybridized carbons (Fsp3) is 0.950. The van der Waals surface area contributed by atoms with Crippen LogP contribution in [0, 0.1) is 0 Å². The van der Waals surface area contributed by atoms with Crippen LogP contribution in [0.5, 0.6) is 0 Å². The Kier molecular flexibility index (Phi) is 13.3. The molecule has 0 unspecified atom stereocenters. The molecule has 0 aromatic rings. The van der Waals surface area contributed by atoms with Crippen molar-refractivity contribution < 1.29 is 0 Å². The lowest BCUT2D eigenvalue weighted by atomic mass is 10.0. The maximum atomic E-state index is 5.65. The number of hydrogen-bond donors (Lipinski definition) is 1. The van der Waals surface area contributed by atoms with E-state index in [1.54, 1.807) is 0 Å². The van der Waals surface area contributed by atoms with Crippen molar-refractivity contribution in [1.29, 1.82) is 0 Å². The van der Waals surface area contributed by atoms with Crippen LogP contribution in [0.4, 0.5) is 0 Å². The summed E-state index contributed by atoms with van der Waals surface area (Å²) in [6.07, 6.45) is 19.6. The Balaban J connectivity index is 1.80. The minimum Gasteiger partial charge on any atom is -0.357 e. The fourth-order valence-corrected chi connectivity index (χ4v) is 3.46. The summed E-state index contributed by atoms with van der Waals surface area (Å²) in [4.78, 5) is 6.99. The van der Waals surface area contributed by atoms with Gasteiger partial charge in [-0.1, -0.05) is 84.0 Å². The van der Waals surface area contributed by atoms with Gasteiger partial charge in [-0.25, -0.2) is 0 Å². The molecule has 1 heterocycles. The SMILES string of the molecule is CCCCCCCCCCCCCCCC1=NCCN1CCN. The Morgan fingerprint density at radius 3 is 1.87 bits per heavy atom. The topological polar surface area (TPSA) is 41.6 Å². The first-order valence-electron chi connectivity index (χ1n) is 10.4. The van der Waals surface area contributed by atoms with Crippen LogP contribution in [0.15, 0.2) is 4.99 Å². The Bertz CT molecular complexity index is 289. The van der Waals surface area contributed by atoms with Gasteiger partial charge in [0, 0.05) is 26.1 Å². The summed E-state index contributed by atoms with van der Waals surface area (Å²) in [5, 5.41) is 0. The van der Waals surface area contributed by atoms with Crippen molar-refractivity contribution in [2.45, 2.75) is 96.8 Å². The Labute approximate surface area is 145 Å². The Hall–Kier alpha value is -0.570.